The lowest BCUT2D eigenvalue weighted by Crippen LogP contribution is -2.47. The third kappa shape index (κ3) is 4.68. The summed E-state index contributed by atoms with van der Waals surface area (Å²) >= 11 is 0. The molecule has 1 aliphatic heterocycles. The minimum absolute atomic E-state index is 0.231. The quantitative estimate of drug-likeness (QED) is 0.797. The molecule has 0 radical (unpaired) electrons. The smallest absolute Gasteiger partial charge is 0.306 e. The molecule has 7 nitrogen and oxygen atoms in total. The predicted octanol–water partition coefficient (Wildman–Crippen LogP) is 1.35. The van der Waals surface area contributed by atoms with Gasteiger partial charge in [0.2, 0.25) is 0 Å². The van der Waals surface area contributed by atoms with Crippen molar-refractivity contribution < 1.29 is 23.1 Å². The van der Waals surface area contributed by atoms with E-state index in [1.165, 1.54) is 15.7 Å². The molecule has 2 rings (SSSR count). The van der Waals surface area contributed by atoms with E-state index in [0.29, 0.717) is 18.6 Å². The molecule has 1 heterocycles. The molecule has 1 aliphatic rings. The molecule has 0 aliphatic carbocycles. The van der Waals surface area contributed by atoms with Crippen molar-refractivity contribution in [2.75, 3.05) is 33.3 Å². The number of hydrogen-bond acceptors (Lipinski definition) is 4. The highest BCUT2D eigenvalue weighted by Crippen LogP contribution is 2.21. The first-order valence-corrected chi connectivity index (χ1v) is 9.34. The lowest BCUT2D eigenvalue weighted by atomic mass is 9.99. The van der Waals surface area contributed by atoms with Crippen LogP contribution in [0.1, 0.15) is 18.4 Å². The highest BCUT2D eigenvalue weighted by molar-refractivity contribution is 7.86. The van der Waals surface area contributed by atoms with E-state index in [-0.39, 0.29) is 26.2 Å². The van der Waals surface area contributed by atoms with Crippen LogP contribution in [-0.4, -0.2) is 61.4 Å². The van der Waals surface area contributed by atoms with Crippen LogP contribution >= 0.6 is 0 Å². The van der Waals surface area contributed by atoms with E-state index in [2.05, 4.69) is 0 Å². The Morgan fingerprint density at radius 2 is 1.88 bits per heavy atom. The highest BCUT2D eigenvalue weighted by Gasteiger charge is 2.33. The molecule has 1 N–H and O–H groups in total. The Kier molecular flexibility index (Phi) is 6.20. The van der Waals surface area contributed by atoms with E-state index in [9.17, 15) is 13.2 Å². The van der Waals surface area contributed by atoms with Gasteiger partial charge < -0.3 is 9.84 Å². The second-order valence-electron chi connectivity index (χ2n) is 6.00. The molecule has 0 amide bonds. The van der Waals surface area contributed by atoms with Crippen LogP contribution in [0.25, 0.3) is 0 Å². The number of nitrogens with zero attached hydrogens (tertiary/aromatic N) is 2. The van der Waals surface area contributed by atoms with Gasteiger partial charge in [0.05, 0.1) is 5.92 Å². The summed E-state index contributed by atoms with van der Waals surface area (Å²) in [5.41, 5.74) is 1.13. The maximum absolute atomic E-state index is 12.5. The van der Waals surface area contributed by atoms with Crippen LogP contribution in [0, 0.1) is 12.8 Å². The monoisotopic (exact) mass is 356 g/mol. The molecule has 0 saturated carbocycles. The number of benzene rings is 1. The average Bonchev–Trinajstić information content (AvgIpc) is 2.56. The van der Waals surface area contributed by atoms with Gasteiger partial charge in [-0.05, 0) is 31.9 Å². The van der Waals surface area contributed by atoms with Crippen molar-refractivity contribution in [1.29, 1.82) is 0 Å². The minimum atomic E-state index is -3.58. The van der Waals surface area contributed by atoms with Crippen LogP contribution in [0.4, 0.5) is 0 Å². The van der Waals surface area contributed by atoms with Crippen molar-refractivity contribution in [3.05, 3.63) is 29.8 Å². The normalized spacial score (nSPS) is 17.1. The van der Waals surface area contributed by atoms with Gasteiger partial charge >= 0.3 is 5.97 Å². The molecule has 0 spiro atoms. The topological polar surface area (TPSA) is 87.2 Å². The van der Waals surface area contributed by atoms with Crippen LogP contribution in [-0.2, 0) is 15.0 Å². The molecule has 0 aromatic heterocycles. The Bertz CT molecular complexity index is 652. The summed E-state index contributed by atoms with van der Waals surface area (Å²) in [6, 6.07) is 7.56. The average molecular weight is 356 g/mol. The van der Waals surface area contributed by atoms with Gasteiger partial charge in [-0.25, -0.2) is 0 Å². The summed E-state index contributed by atoms with van der Waals surface area (Å²) in [6.07, 6.45) is 0.699. The first kappa shape index (κ1) is 18.7. The second-order valence-corrected chi connectivity index (χ2v) is 8.04. The Morgan fingerprint density at radius 3 is 2.42 bits per heavy atom. The standard InChI is InChI=1S/C16H24N2O5S/c1-13-3-5-15(6-4-13)23-12-11-17(2)24(21,22)18-9-7-14(8-10-18)16(19)20/h3-6,14H,7-12H2,1-2H3,(H,19,20). The van der Waals surface area contributed by atoms with E-state index in [1.807, 2.05) is 31.2 Å². The van der Waals surface area contributed by atoms with Crippen LogP contribution in [0.5, 0.6) is 5.75 Å². The minimum Gasteiger partial charge on any atom is -0.492 e. The first-order valence-electron chi connectivity index (χ1n) is 7.94. The van der Waals surface area contributed by atoms with Gasteiger partial charge in [-0.1, -0.05) is 17.7 Å². The number of likely N-dealkylation sites (N-methyl/N-ethyl adjacent to an activating group) is 1. The molecule has 8 heteroatoms. The van der Waals surface area contributed by atoms with Crippen molar-refractivity contribution >= 4 is 16.2 Å². The van der Waals surface area contributed by atoms with Crippen molar-refractivity contribution in [2.24, 2.45) is 5.92 Å². The van der Waals surface area contributed by atoms with Crippen LogP contribution < -0.4 is 4.74 Å². The van der Waals surface area contributed by atoms with Crippen LogP contribution in [0.2, 0.25) is 0 Å². The molecule has 1 aromatic rings. The Hall–Kier alpha value is -1.64. The Labute approximate surface area is 143 Å². The summed E-state index contributed by atoms with van der Waals surface area (Å²) in [7, 11) is -2.07. The summed E-state index contributed by atoms with van der Waals surface area (Å²) in [5, 5.41) is 8.98. The summed E-state index contributed by atoms with van der Waals surface area (Å²) in [6.45, 7) is 2.95. The molecular weight excluding hydrogens is 332 g/mol. The van der Waals surface area contributed by atoms with Crippen LogP contribution in [0.3, 0.4) is 0 Å². The van der Waals surface area contributed by atoms with E-state index >= 15 is 0 Å². The summed E-state index contributed by atoms with van der Waals surface area (Å²) < 4.78 is 33.2. The van der Waals surface area contributed by atoms with E-state index in [4.69, 9.17) is 9.84 Å². The molecular formula is C16H24N2O5S. The number of hydrogen-bond donors (Lipinski definition) is 1. The van der Waals surface area contributed by atoms with Crippen molar-refractivity contribution in [3.63, 3.8) is 0 Å². The SMILES string of the molecule is Cc1ccc(OCCN(C)S(=O)(=O)N2CCC(C(=O)O)CC2)cc1. The lowest BCUT2D eigenvalue weighted by Gasteiger charge is -2.32. The van der Waals surface area contributed by atoms with Crippen molar-refractivity contribution in [1.82, 2.24) is 8.61 Å². The number of carbonyl (C=O) groups is 1. The van der Waals surface area contributed by atoms with Crippen molar-refractivity contribution in [3.8, 4) is 5.75 Å². The van der Waals surface area contributed by atoms with Crippen molar-refractivity contribution in [2.45, 2.75) is 19.8 Å². The zero-order valence-corrected chi connectivity index (χ0v) is 14.8. The molecule has 1 fully saturated rings. The maximum Gasteiger partial charge on any atom is 0.306 e. The number of aliphatic carboxylic acids is 1. The number of piperidine rings is 1. The van der Waals surface area contributed by atoms with Gasteiger partial charge in [-0.3, -0.25) is 4.79 Å². The van der Waals surface area contributed by atoms with Gasteiger partial charge in [0.25, 0.3) is 10.2 Å². The van der Waals surface area contributed by atoms with Gasteiger partial charge in [-0.15, -0.1) is 0 Å². The molecule has 0 bridgehead atoms. The summed E-state index contributed by atoms with van der Waals surface area (Å²) in [5.74, 6) is -0.604. The number of rotatable bonds is 7. The lowest BCUT2D eigenvalue weighted by molar-refractivity contribution is -0.142. The Balaban J connectivity index is 1.83. The first-order chi connectivity index (χ1) is 11.3. The zero-order valence-electron chi connectivity index (χ0n) is 14.0. The fraction of sp³-hybridized carbons (Fsp3) is 0.562. The van der Waals surface area contributed by atoms with E-state index < -0.39 is 22.1 Å². The number of ether oxygens (including phenoxy) is 1. The molecule has 0 atom stereocenters. The van der Waals surface area contributed by atoms with Gasteiger partial charge in [0, 0.05) is 26.7 Å². The van der Waals surface area contributed by atoms with E-state index in [1.54, 1.807) is 0 Å². The fourth-order valence-corrected chi connectivity index (χ4v) is 3.94. The number of aryl methyl sites for hydroxylation is 1. The van der Waals surface area contributed by atoms with Gasteiger partial charge in [-0.2, -0.15) is 17.0 Å². The number of carboxylic acids is 1. The molecule has 24 heavy (non-hydrogen) atoms. The van der Waals surface area contributed by atoms with E-state index in [0.717, 1.165) is 5.56 Å². The second kappa shape index (κ2) is 7.96. The third-order valence-electron chi connectivity index (χ3n) is 4.22. The molecule has 0 unspecified atom stereocenters. The zero-order chi connectivity index (χ0) is 17.7. The third-order valence-corrected chi connectivity index (χ3v) is 6.21. The molecule has 1 saturated heterocycles. The number of carboxylic acid groups (broad SMARTS) is 1. The highest BCUT2D eigenvalue weighted by atomic mass is 32.2. The van der Waals surface area contributed by atoms with Gasteiger partial charge in [0.15, 0.2) is 0 Å². The molecule has 134 valence electrons. The predicted molar refractivity (Wildman–Crippen MR) is 90.2 cm³/mol. The molecule has 1 aromatic carbocycles. The fourth-order valence-electron chi connectivity index (χ4n) is 2.57. The summed E-state index contributed by atoms with van der Waals surface area (Å²) in [4.78, 5) is 10.9. The maximum atomic E-state index is 12.5. The van der Waals surface area contributed by atoms with Gasteiger partial charge in [0.1, 0.15) is 12.4 Å². The Morgan fingerprint density at radius 1 is 1.29 bits per heavy atom. The van der Waals surface area contributed by atoms with Crippen LogP contribution in [0.15, 0.2) is 24.3 Å². The largest absolute Gasteiger partial charge is 0.492 e.